The summed E-state index contributed by atoms with van der Waals surface area (Å²) >= 11 is 0. The predicted molar refractivity (Wildman–Crippen MR) is 236 cm³/mol. The lowest BCUT2D eigenvalue weighted by molar-refractivity contribution is 0.360. The number of para-hydroxylation sites is 1. The van der Waals surface area contributed by atoms with E-state index in [9.17, 15) is 0 Å². The predicted octanol–water partition coefficient (Wildman–Crippen LogP) is 14.8. The minimum absolute atomic E-state index is 0.444. The number of anilines is 3. The van der Waals surface area contributed by atoms with E-state index in [1.807, 2.05) is 0 Å². The largest absolute Gasteiger partial charge is 0.449 e. The number of ether oxygens (including phenoxy) is 2. The van der Waals surface area contributed by atoms with Crippen LogP contribution in [0.15, 0.2) is 200 Å². The summed E-state index contributed by atoms with van der Waals surface area (Å²) in [6.45, 7) is 0. The average Bonchev–Trinajstić information content (AvgIpc) is 3.77. The van der Waals surface area contributed by atoms with Gasteiger partial charge in [0.1, 0.15) is 0 Å². The number of benzene rings is 8. The van der Waals surface area contributed by atoms with Crippen molar-refractivity contribution in [2.45, 2.75) is 18.3 Å². The van der Waals surface area contributed by atoms with Gasteiger partial charge < -0.3 is 14.4 Å². The zero-order valence-corrected chi connectivity index (χ0v) is 31.7. The molecule has 0 N–H and O–H groups in total. The van der Waals surface area contributed by atoms with Crippen molar-refractivity contribution >= 4 is 22.6 Å². The van der Waals surface area contributed by atoms with E-state index in [-0.39, 0.29) is 0 Å². The minimum Gasteiger partial charge on any atom is -0.449 e. The Bertz CT molecular complexity index is 2970. The van der Waals surface area contributed by atoms with Gasteiger partial charge in [-0.1, -0.05) is 146 Å². The molecule has 58 heavy (non-hydrogen) atoms. The normalized spacial score (nSPS) is 14.5. The van der Waals surface area contributed by atoms with Gasteiger partial charge >= 0.3 is 0 Å². The highest BCUT2D eigenvalue weighted by atomic mass is 16.6. The first-order chi connectivity index (χ1) is 28.8. The summed E-state index contributed by atoms with van der Waals surface area (Å²) in [5.41, 5.74) is 17.7. The molecule has 0 saturated heterocycles. The Morgan fingerprint density at radius 3 is 1.81 bits per heavy atom. The molecule has 0 fully saturated rings. The van der Waals surface area contributed by atoms with Crippen molar-refractivity contribution in [2.24, 2.45) is 0 Å². The van der Waals surface area contributed by atoms with Gasteiger partial charge in [0.2, 0.25) is 0 Å². The van der Waals surface area contributed by atoms with Crippen molar-refractivity contribution in [1.29, 1.82) is 0 Å². The lowest BCUT2D eigenvalue weighted by Crippen LogP contribution is -2.25. The molecule has 1 aliphatic heterocycles. The molecule has 8 aromatic rings. The van der Waals surface area contributed by atoms with Crippen LogP contribution in [0.25, 0.3) is 39.0 Å². The van der Waals surface area contributed by atoms with Crippen molar-refractivity contribution in [3.63, 3.8) is 0 Å². The molecule has 3 heteroatoms. The smallest absolute Gasteiger partial charge is 0.178 e. The molecule has 4 aliphatic rings. The first-order valence-electron chi connectivity index (χ1n) is 20.1. The Kier molecular flexibility index (Phi) is 7.27. The monoisotopic (exact) mass is 743 g/mol. The highest BCUT2D eigenvalue weighted by molar-refractivity contribution is 5.98. The minimum atomic E-state index is -0.444. The molecule has 1 heterocycles. The molecule has 0 aromatic heterocycles. The van der Waals surface area contributed by atoms with Crippen LogP contribution in [0.5, 0.6) is 23.0 Å². The van der Waals surface area contributed by atoms with Crippen molar-refractivity contribution in [3.05, 3.63) is 228 Å². The number of hydrogen-bond donors (Lipinski definition) is 0. The van der Waals surface area contributed by atoms with E-state index in [0.29, 0.717) is 17.2 Å². The first-order valence-corrected chi connectivity index (χ1v) is 20.1. The highest BCUT2D eigenvalue weighted by Crippen LogP contribution is 2.66. The number of rotatable bonds is 5. The molecule has 0 radical (unpaired) electrons. The van der Waals surface area contributed by atoms with Crippen LogP contribution >= 0.6 is 0 Å². The van der Waals surface area contributed by atoms with Crippen LogP contribution < -0.4 is 14.4 Å². The third-order valence-corrected chi connectivity index (χ3v) is 12.4. The fourth-order valence-corrected chi connectivity index (χ4v) is 9.91. The summed E-state index contributed by atoms with van der Waals surface area (Å²) in [7, 11) is 0. The molecule has 0 bridgehead atoms. The van der Waals surface area contributed by atoms with Gasteiger partial charge in [-0.3, -0.25) is 0 Å². The van der Waals surface area contributed by atoms with Gasteiger partial charge in [-0.15, -0.1) is 0 Å². The molecular weight excluding hydrogens is 707 g/mol. The maximum absolute atomic E-state index is 6.97. The van der Waals surface area contributed by atoms with E-state index in [0.717, 1.165) is 41.2 Å². The van der Waals surface area contributed by atoms with Crippen LogP contribution in [-0.2, 0) is 5.41 Å². The fourth-order valence-electron chi connectivity index (χ4n) is 9.91. The van der Waals surface area contributed by atoms with Crippen LogP contribution in [0.4, 0.5) is 17.1 Å². The van der Waals surface area contributed by atoms with E-state index >= 15 is 0 Å². The summed E-state index contributed by atoms with van der Waals surface area (Å²) in [6.07, 6.45) is 8.81. The number of hydrogen-bond acceptors (Lipinski definition) is 3. The molecule has 0 saturated carbocycles. The van der Waals surface area contributed by atoms with E-state index in [2.05, 4.69) is 205 Å². The van der Waals surface area contributed by atoms with Crippen LogP contribution in [0.2, 0.25) is 0 Å². The number of fused-ring (bicyclic) bond motifs is 13. The molecule has 0 unspecified atom stereocenters. The van der Waals surface area contributed by atoms with Crippen LogP contribution in [-0.4, -0.2) is 0 Å². The van der Waals surface area contributed by atoms with Gasteiger partial charge in [0, 0.05) is 23.0 Å². The van der Waals surface area contributed by atoms with Gasteiger partial charge in [0.25, 0.3) is 0 Å². The zero-order chi connectivity index (χ0) is 38.2. The standard InChI is InChI=1S/C55H37NO2/c1-3-14-36(15-4-1)38-16-13-17-39(34-38)37-26-28-41(29-27-37)56(40-18-5-2-6-19-40)42-30-32-50-52(35-42)57-51-33-31-49-53(54(51)58-50)45-22-9-12-25-48(45)55(49)46-23-10-7-20-43(46)44-21-8-11-24-47(44)55/h1-3,5-14,16-35H,4,15H2. The van der Waals surface area contributed by atoms with Crippen LogP contribution in [0.1, 0.15) is 40.7 Å². The molecule has 3 nitrogen and oxygen atoms in total. The van der Waals surface area contributed by atoms with E-state index in [1.54, 1.807) is 0 Å². The second-order valence-electron chi connectivity index (χ2n) is 15.5. The van der Waals surface area contributed by atoms with E-state index < -0.39 is 5.41 Å². The molecule has 274 valence electrons. The quantitative estimate of drug-likeness (QED) is 0.175. The SMILES string of the molecule is C1=CCCC(c2cccc(-c3ccc(N(c4ccccc4)c4ccc5c(c4)Oc4ccc6c(c4O5)-c4ccccc4C64c5ccccc5-c5ccccc54)cc3)c2)=C1. The van der Waals surface area contributed by atoms with Gasteiger partial charge in [-0.05, 0) is 123 Å². The van der Waals surface area contributed by atoms with Crippen LogP contribution in [0, 0.1) is 0 Å². The third-order valence-electron chi connectivity index (χ3n) is 12.4. The molecular formula is C55H37NO2. The van der Waals surface area contributed by atoms with Crippen molar-refractivity contribution < 1.29 is 9.47 Å². The second kappa shape index (κ2) is 12.8. The Labute approximate surface area is 338 Å². The van der Waals surface area contributed by atoms with Gasteiger partial charge in [-0.2, -0.15) is 0 Å². The third kappa shape index (κ3) is 4.80. The van der Waals surface area contributed by atoms with Gasteiger partial charge in [0.15, 0.2) is 23.0 Å². The summed E-state index contributed by atoms with van der Waals surface area (Å²) in [6, 6.07) is 65.5. The highest BCUT2D eigenvalue weighted by Gasteiger charge is 2.53. The first kappa shape index (κ1) is 32.8. The molecule has 12 rings (SSSR count). The Balaban J connectivity index is 0.927. The second-order valence-corrected chi connectivity index (χ2v) is 15.5. The van der Waals surface area contributed by atoms with E-state index in [4.69, 9.17) is 9.47 Å². The summed E-state index contributed by atoms with van der Waals surface area (Å²) in [5.74, 6) is 2.86. The average molecular weight is 744 g/mol. The lowest BCUT2D eigenvalue weighted by Gasteiger charge is -2.31. The van der Waals surface area contributed by atoms with Crippen molar-refractivity contribution in [1.82, 2.24) is 0 Å². The summed E-state index contributed by atoms with van der Waals surface area (Å²) < 4.78 is 13.8. The van der Waals surface area contributed by atoms with Gasteiger partial charge in [0.05, 0.1) is 11.1 Å². The number of nitrogens with zero attached hydrogens (tertiary/aromatic N) is 1. The van der Waals surface area contributed by atoms with Gasteiger partial charge in [-0.25, -0.2) is 0 Å². The molecule has 0 amide bonds. The maximum Gasteiger partial charge on any atom is 0.178 e. The Morgan fingerprint density at radius 2 is 1.07 bits per heavy atom. The molecule has 1 spiro atoms. The molecule has 8 aromatic carbocycles. The lowest BCUT2D eigenvalue weighted by atomic mass is 9.70. The topological polar surface area (TPSA) is 21.7 Å². The van der Waals surface area contributed by atoms with Crippen LogP contribution in [0.3, 0.4) is 0 Å². The Morgan fingerprint density at radius 1 is 0.431 bits per heavy atom. The molecule has 0 atom stereocenters. The van der Waals surface area contributed by atoms with Crippen molar-refractivity contribution in [2.75, 3.05) is 4.90 Å². The fraction of sp³-hybridized carbons (Fsp3) is 0.0545. The van der Waals surface area contributed by atoms with E-state index in [1.165, 1.54) is 61.2 Å². The Hall–Kier alpha value is -7.36. The molecule has 3 aliphatic carbocycles. The summed E-state index contributed by atoms with van der Waals surface area (Å²) in [5, 5.41) is 0. The van der Waals surface area contributed by atoms with Crippen molar-refractivity contribution in [3.8, 4) is 56.4 Å². The zero-order valence-electron chi connectivity index (χ0n) is 31.7. The number of allylic oxidation sites excluding steroid dienone is 4. The summed E-state index contributed by atoms with van der Waals surface area (Å²) in [4.78, 5) is 2.27. The maximum atomic E-state index is 6.97.